The molecule has 0 saturated carbocycles. The van der Waals surface area contributed by atoms with Crippen LogP contribution in [0.15, 0.2) is 23.8 Å². The molecular weight excluding hydrogens is 438 g/mol. The first-order valence-corrected chi connectivity index (χ1v) is 12.1. The second-order valence-electron chi connectivity index (χ2n) is 10.1. The molecule has 2 N–H and O–H groups in total. The molecule has 0 spiro atoms. The van der Waals surface area contributed by atoms with Gasteiger partial charge in [0.1, 0.15) is 6.04 Å². The van der Waals surface area contributed by atoms with E-state index in [1.54, 1.807) is 23.0 Å². The maximum atomic E-state index is 13.4. The standard InChI is InChI=1S/C24H35N5O3S/c1-14(16-8-9-18(25-11-16)20-15(2)26-13-33-20)27-22(31)19-10-17(30)12-29(19)23(32)21(28(6)7)24(3,4)5/h8-9,11,13-14,17,19,21,30H,10,12H2,1-7H3,(H,27,31)/t14-,17+,19-,21+/m0/s1. The van der Waals surface area contributed by atoms with Crippen LogP contribution in [0.25, 0.3) is 10.6 Å². The lowest BCUT2D eigenvalue weighted by atomic mass is 9.85. The number of aromatic nitrogens is 2. The topological polar surface area (TPSA) is 98.7 Å². The van der Waals surface area contributed by atoms with E-state index in [9.17, 15) is 14.7 Å². The van der Waals surface area contributed by atoms with Crippen molar-refractivity contribution in [2.45, 2.75) is 65.3 Å². The fourth-order valence-electron chi connectivity index (χ4n) is 4.57. The lowest BCUT2D eigenvalue weighted by molar-refractivity contribution is -0.145. The Morgan fingerprint density at radius 1 is 1.27 bits per heavy atom. The number of aliphatic hydroxyl groups excluding tert-OH is 1. The molecule has 0 aliphatic carbocycles. The van der Waals surface area contributed by atoms with E-state index >= 15 is 0 Å². The fourth-order valence-corrected chi connectivity index (χ4v) is 5.35. The van der Waals surface area contributed by atoms with Crippen molar-refractivity contribution in [2.75, 3.05) is 20.6 Å². The van der Waals surface area contributed by atoms with Gasteiger partial charge in [0, 0.05) is 19.2 Å². The minimum Gasteiger partial charge on any atom is -0.391 e. The zero-order valence-corrected chi connectivity index (χ0v) is 21.3. The lowest BCUT2D eigenvalue weighted by Crippen LogP contribution is -2.56. The van der Waals surface area contributed by atoms with E-state index in [2.05, 4.69) is 15.3 Å². The quantitative estimate of drug-likeness (QED) is 0.669. The van der Waals surface area contributed by atoms with E-state index in [0.29, 0.717) is 0 Å². The Labute approximate surface area is 200 Å². The van der Waals surface area contributed by atoms with Crippen LogP contribution in [0, 0.1) is 12.3 Å². The van der Waals surface area contributed by atoms with Gasteiger partial charge < -0.3 is 15.3 Å². The van der Waals surface area contributed by atoms with Crippen LogP contribution in [0.2, 0.25) is 0 Å². The molecule has 0 aromatic carbocycles. The molecule has 2 aromatic heterocycles. The third kappa shape index (κ3) is 5.59. The minimum atomic E-state index is -0.716. The third-order valence-corrected chi connectivity index (χ3v) is 7.01. The maximum absolute atomic E-state index is 13.4. The van der Waals surface area contributed by atoms with Gasteiger partial charge in [-0.25, -0.2) is 4.98 Å². The van der Waals surface area contributed by atoms with Gasteiger partial charge in [-0.1, -0.05) is 26.8 Å². The summed E-state index contributed by atoms with van der Waals surface area (Å²) in [5.41, 5.74) is 4.15. The molecule has 1 fully saturated rings. The van der Waals surface area contributed by atoms with Crippen molar-refractivity contribution >= 4 is 23.2 Å². The number of amides is 2. The SMILES string of the molecule is Cc1ncsc1-c1ccc([C@H](C)NC(=O)[C@@H]2C[C@@H](O)CN2C(=O)[C@@H](N(C)C)C(C)(C)C)cn1. The van der Waals surface area contributed by atoms with E-state index in [0.717, 1.165) is 21.8 Å². The average molecular weight is 474 g/mol. The molecule has 1 aliphatic rings. The van der Waals surface area contributed by atoms with Crippen molar-refractivity contribution in [3.63, 3.8) is 0 Å². The number of thiazole rings is 1. The van der Waals surface area contributed by atoms with Crippen LogP contribution in [-0.4, -0.2) is 75.5 Å². The summed E-state index contributed by atoms with van der Waals surface area (Å²) in [4.78, 5) is 39.8. The number of nitrogens with zero attached hydrogens (tertiary/aromatic N) is 4. The number of likely N-dealkylation sites (N-methyl/N-ethyl adjacent to an activating group) is 1. The van der Waals surface area contributed by atoms with Crippen molar-refractivity contribution in [2.24, 2.45) is 5.41 Å². The monoisotopic (exact) mass is 473 g/mol. The number of likely N-dealkylation sites (tertiary alicyclic amines) is 1. The van der Waals surface area contributed by atoms with Crippen molar-refractivity contribution < 1.29 is 14.7 Å². The highest BCUT2D eigenvalue weighted by Crippen LogP contribution is 2.29. The van der Waals surface area contributed by atoms with Gasteiger partial charge in [-0.3, -0.25) is 19.5 Å². The highest BCUT2D eigenvalue weighted by atomic mass is 32.1. The summed E-state index contributed by atoms with van der Waals surface area (Å²) in [6.07, 6.45) is 1.27. The molecule has 180 valence electrons. The zero-order valence-electron chi connectivity index (χ0n) is 20.5. The Kier molecular flexibility index (Phi) is 7.55. The van der Waals surface area contributed by atoms with Gasteiger partial charge in [0.15, 0.2) is 0 Å². The maximum Gasteiger partial charge on any atom is 0.243 e. The largest absolute Gasteiger partial charge is 0.391 e. The average Bonchev–Trinajstić information content (AvgIpc) is 3.32. The van der Waals surface area contributed by atoms with Crippen LogP contribution in [0.3, 0.4) is 0 Å². The van der Waals surface area contributed by atoms with Crippen LogP contribution in [0.5, 0.6) is 0 Å². The van der Waals surface area contributed by atoms with E-state index in [4.69, 9.17) is 0 Å². The molecule has 3 heterocycles. The summed E-state index contributed by atoms with van der Waals surface area (Å²) in [6, 6.07) is 2.48. The van der Waals surface area contributed by atoms with Crippen LogP contribution in [0.4, 0.5) is 0 Å². The van der Waals surface area contributed by atoms with Gasteiger partial charge in [-0.05, 0) is 45.0 Å². The fraction of sp³-hybridized carbons (Fsp3) is 0.583. The molecule has 33 heavy (non-hydrogen) atoms. The second kappa shape index (κ2) is 9.87. The van der Waals surface area contributed by atoms with Gasteiger partial charge in [-0.15, -0.1) is 11.3 Å². The first kappa shape index (κ1) is 25.3. The summed E-state index contributed by atoms with van der Waals surface area (Å²) in [5, 5.41) is 13.3. The van der Waals surface area contributed by atoms with Crippen molar-refractivity contribution in [1.82, 2.24) is 25.1 Å². The number of hydrogen-bond donors (Lipinski definition) is 2. The molecule has 4 atom stereocenters. The summed E-state index contributed by atoms with van der Waals surface area (Å²) < 4.78 is 0. The molecule has 0 bridgehead atoms. The minimum absolute atomic E-state index is 0.136. The predicted molar refractivity (Wildman–Crippen MR) is 130 cm³/mol. The number of hydrogen-bond acceptors (Lipinski definition) is 7. The Hall–Kier alpha value is -2.36. The molecule has 9 heteroatoms. The Bertz CT molecular complexity index is 983. The number of carbonyl (C=O) groups is 2. The van der Waals surface area contributed by atoms with E-state index < -0.39 is 18.2 Å². The van der Waals surface area contributed by atoms with Crippen molar-refractivity contribution in [3.05, 3.63) is 35.1 Å². The molecule has 1 aliphatic heterocycles. The molecule has 2 aromatic rings. The Morgan fingerprint density at radius 3 is 2.48 bits per heavy atom. The molecule has 0 unspecified atom stereocenters. The number of nitrogens with one attached hydrogen (secondary N) is 1. The van der Waals surface area contributed by atoms with Gasteiger partial charge >= 0.3 is 0 Å². The molecule has 1 saturated heterocycles. The zero-order chi connectivity index (χ0) is 24.5. The number of aliphatic hydroxyl groups is 1. The normalized spacial score (nSPS) is 20.7. The molecule has 0 radical (unpaired) electrons. The number of carbonyl (C=O) groups excluding carboxylic acids is 2. The highest BCUT2D eigenvalue weighted by Gasteiger charge is 2.44. The van der Waals surface area contributed by atoms with E-state index in [1.165, 1.54) is 4.90 Å². The first-order chi connectivity index (χ1) is 15.4. The summed E-state index contributed by atoms with van der Waals surface area (Å²) in [7, 11) is 3.73. The van der Waals surface area contributed by atoms with Gasteiger partial charge in [0.2, 0.25) is 11.8 Å². The highest BCUT2D eigenvalue weighted by molar-refractivity contribution is 7.13. The number of pyridine rings is 1. The van der Waals surface area contributed by atoms with Crippen LogP contribution in [0.1, 0.15) is 51.4 Å². The second-order valence-corrected chi connectivity index (χ2v) is 11.0. The molecular formula is C24H35N5O3S. The van der Waals surface area contributed by atoms with E-state index in [-0.39, 0.29) is 36.2 Å². The van der Waals surface area contributed by atoms with Crippen LogP contribution >= 0.6 is 11.3 Å². The van der Waals surface area contributed by atoms with Crippen molar-refractivity contribution in [3.8, 4) is 10.6 Å². The molecule has 3 rings (SSSR count). The first-order valence-electron chi connectivity index (χ1n) is 11.2. The van der Waals surface area contributed by atoms with Gasteiger partial charge in [0.25, 0.3) is 0 Å². The lowest BCUT2D eigenvalue weighted by Gasteiger charge is -2.38. The summed E-state index contributed by atoms with van der Waals surface area (Å²) in [5.74, 6) is -0.399. The third-order valence-electron chi connectivity index (χ3n) is 6.06. The predicted octanol–water partition coefficient (Wildman–Crippen LogP) is 2.63. The smallest absolute Gasteiger partial charge is 0.243 e. The molecule has 2 amide bonds. The van der Waals surface area contributed by atoms with E-state index in [1.807, 2.05) is 65.7 Å². The Balaban J connectivity index is 1.72. The van der Waals surface area contributed by atoms with Crippen LogP contribution < -0.4 is 5.32 Å². The summed E-state index contributed by atoms with van der Waals surface area (Å²) in [6.45, 7) is 10.0. The van der Waals surface area contributed by atoms with Gasteiger partial charge in [0.05, 0.1) is 40.0 Å². The molecule has 8 nitrogen and oxygen atoms in total. The number of aryl methyl sites for hydroxylation is 1. The Morgan fingerprint density at radius 2 is 1.97 bits per heavy atom. The number of β-amino-alcohol motifs (C(OH)–C–C–N with tert-alkyl or cyclic N) is 1. The number of rotatable bonds is 6. The van der Waals surface area contributed by atoms with Crippen molar-refractivity contribution in [1.29, 1.82) is 0 Å². The van der Waals surface area contributed by atoms with Crippen LogP contribution in [-0.2, 0) is 9.59 Å². The summed E-state index contributed by atoms with van der Waals surface area (Å²) >= 11 is 1.55. The van der Waals surface area contributed by atoms with Gasteiger partial charge in [-0.2, -0.15) is 0 Å².